The lowest BCUT2D eigenvalue weighted by molar-refractivity contribution is -0.137. The minimum atomic E-state index is -0.793. The number of thiocarbonyl (C=S) groups is 1. The summed E-state index contributed by atoms with van der Waals surface area (Å²) < 4.78 is 11.7. The Kier molecular flexibility index (Phi) is 6.92. The van der Waals surface area contributed by atoms with Crippen molar-refractivity contribution in [3.8, 4) is 0 Å². The highest BCUT2D eigenvalue weighted by Crippen LogP contribution is 2.33. The molecule has 0 radical (unpaired) electrons. The first-order chi connectivity index (χ1) is 13.0. The number of rotatable bonds is 8. The third kappa shape index (κ3) is 5.33. The van der Waals surface area contributed by atoms with Crippen molar-refractivity contribution in [2.24, 2.45) is 0 Å². The van der Waals surface area contributed by atoms with Gasteiger partial charge in [-0.1, -0.05) is 30.4 Å². The number of carbonyl (C=O) groups is 2. The second-order valence-corrected chi connectivity index (χ2v) is 7.99. The average Bonchev–Trinajstić information content (AvgIpc) is 3.22. The second kappa shape index (κ2) is 9.38. The number of carboxylic acid groups (broad SMARTS) is 1. The van der Waals surface area contributed by atoms with E-state index in [4.69, 9.17) is 26.5 Å². The maximum Gasteiger partial charge on any atom is 0.303 e. The van der Waals surface area contributed by atoms with Crippen molar-refractivity contribution >= 4 is 52.1 Å². The van der Waals surface area contributed by atoms with E-state index in [2.05, 4.69) is 4.90 Å². The van der Waals surface area contributed by atoms with Gasteiger partial charge in [0.2, 0.25) is 0 Å². The zero-order valence-electron chi connectivity index (χ0n) is 14.9. The third-order valence-electron chi connectivity index (χ3n) is 4.35. The van der Waals surface area contributed by atoms with Gasteiger partial charge >= 0.3 is 5.97 Å². The van der Waals surface area contributed by atoms with E-state index in [9.17, 15) is 9.59 Å². The zero-order valence-corrected chi connectivity index (χ0v) is 16.5. The first-order valence-electron chi connectivity index (χ1n) is 8.94. The van der Waals surface area contributed by atoms with Crippen LogP contribution >= 0.6 is 24.0 Å². The number of ether oxygens (including phenoxy) is 1. The summed E-state index contributed by atoms with van der Waals surface area (Å²) in [5.74, 6) is 0.489. The van der Waals surface area contributed by atoms with E-state index < -0.39 is 5.97 Å². The monoisotopic (exact) mass is 410 g/mol. The van der Waals surface area contributed by atoms with Gasteiger partial charge in [-0.15, -0.1) is 0 Å². The Balaban J connectivity index is 1.56. The molecule has 0 aromatic carbocycles. The molecule has 0 unspecified atom stereocenters. The van der Waals surface area contributed by atoms with Crippen LogP contribution in [0.2, 0.25) is 0 Å². The number of thioether (sulfide) groups is 1. The molecule has 9 heteroatoms. The maximum atomic E-state index is 12.6. The Morgan fingerprint density at radius 1 is 1.26 bits per heavy atom. The molecule has 7 nitrogen and oxygen atoms in total. The first-order valence-corrected chi connectivity index (χ1v) is 10.2. The number of nitrogens with zero attached hydrogens (tertiary/aromatic N) is 2. The molecule has 1 aromatic rings. The zero-order chi connectivity index (χ0) is 19.2. The van der Waals surface area contributed by atoms with Crippen molar-refractivity contribution in [2.75, 3.05) is 37.7 Å². The number of carbonyl (C=O) groups excluding carboxylic acids is 1. The quantitative estimate of drug-likeness (QED) is 0.398. The molecule has 2 aliphatic rings. The summed E-state index contributed by atoms with van der Waals surface area (Å²) in [4.78, 5) is 27.4. The highest BCUT2D eigenvalue weighted by Gasteiger charge is 2.31. The normalized spacial score (nSPS) is 19.3. The number of hydrogen-bond donors (Lipinski definition) is 1. The molecule has 3 heterocycles. The Morgan fingerprint density at radius 3 is 2.78 bits per heavy atom. The number of unbranched alkanes of at least 4 members (excludes halogenated alkanes) is 2. The molecule has 2 saturated heterocycles. The van der Waals surface area contributed by atoms with Crippen LogP contribution in [0.3, 0.4) is 0 Å². The first kappa shape index (κ1) is 19.9. The van der Waals surface area contributed by atoms with Gasteiger partial charge in [-0.3, -0.25) is 14.5 Å². The van der Waals surface area contributed by atoms with Gasteiger partial charge in [-0.2, -0.15) is 0 Å². The molecular formula is C18H22N2O5S2. The predicted octanol–water partition coefficient (Wildman–Crippen LogP) is 2.96. The third-order valence-corrected chi connectivity index (χ3v) is 5.73. The van der Waals surface area contributed by atoms with E-state index in [1.54, 1.807) is 11.0 Å². The van der Waals surface area contributed by atoms with Gasteiger partial charge in [-0.25, -0.2) is 0 Å². The number of amides is 1. The van der Waals surface area contributed by atoms with Crippen LogP contribution in [-0.2, 0) is 14.3 Å². The lowest BCUT2D eigenvalue weighted by Gasteiger charge is -2.26. The van der Waals surface area contributed by atoms with Gasteiger partial charge in [0.05, 0.1) is 18.1 Å². The van der Waals surface area contributed by atoms with Crippen molar-refractivity contribution in [1.82, 2.24) is 4.90 Å². The number of anilines is 1. The lowest BCUT2D eigenvalue weighted by Crippen LogP contribution is -2.35. The maximum absolute atomic E-state index is 12.6. The molecule has 2 fully saturated rings. The summed E-state index contributed by atoms with van der Waals surface area (Å²) >= 11 is 6.59. The van der Waals surface area contributed by atoms with Gasteiger partial charge in [0.1, 0.15) is 10.1 Å². The van der Waals surface area contributed by atoms with Crippen LogP contribution < -0.4 is 4.90 Å². The van der Waals surface area contributed by atoms with Crippen LogP contribution in [0.1, 0.15) is 31.4 Å². The summed E-state index contributed by atoms with van der Waals surface area (Å²) in [6.45, 7) is 3.45. The highest BCUT2D eigenvalue weighted by molar-refractivity contribution is 8.26. The number of morpholine rings is 1. The lowest BCUT2D eigenvalue weighted by atomic mass is 10.2. The van der Waals surface area contributed by atoms with Crippen LogP contribution in [0.4, 0.5) is 5.88 Å². The summed E-state index contributed by atoms with van der Waals surface area (Å²) in [7, 11) is 0. The summed E-state index contributed by atoms with van der Waals surface area (Å²) in [6, 6.07) is 3.75. The largest absolute Gasteiger partial charge is 0.481 e. The van der Waals surface area contributed by atoms with Crippen molar-refractivity contribution in [1.29, 1.82) is 0 Å². The summed E-state index contributed by atoms with van der Waals surface area (Å²) in [6.07, 6.45) is 3.98. The molecular weight excluding hydrogens is 388 g/mol. The fourth-order valence-electron chi connectivity index (χ4n) is 2.92. The SMILES string of the molecule is O=C(O)CCCCCN1C(=O)/C(=C\c2ccc(N3CCOCC3)o2)SC1=S. The molecule has 27 heavy (non-hydrogen) atoms. The summed E-state index contributed by atoms with van der Waals surface area (Å²) in [5.41, 5.74) is 0. The van der Waals surface area contributed by atoms with Crippen LogP contribution in [0.25, 0.3) is 6.08 Å². The Bertz CT molecular complexity index is 740. The van der Waals surface area contributed by atoms with Crippen LogP contribution in [0, 0.1) is 0 Å². The number of aliphatic carboxylic acids is 1. The van der Waals surface area contributed by atoms with Crippen molar-refractivity contribution in [3.05, 3.63) is 22.8 Å². The van der Waals surface area contributed by atoms with Gasteiger partial charge in [0, 0.05) is 38.2 Å². The highest BCUT2D eigenvalue weighted by atomic mass is 32.2. The minimum absolute atomic E-state index is 0.118. The Labute approximate surface area is 167 Å². The second-order valence-electron chi connectivity index (χ2n) is 6.31. The molecule has 1 N–H and O–H groups in total. The Hall–Kier alpha value is -1.84. The van der Waals surface area contributed by atoms with Gasteiger partial charge in [0.25, 0.3) is 5.91 Å². The van der Waals surface area contributed by atoms with Crippen molar-refractivity contribution in [2.45, 2.75) is 25.7 Å². The smallest absolute Gasteiger partial charge is 0.303 e. The molecule has 0 bridgehead atoms. The summed E-state index contributed by atoms with van der Waals surface area (Å²) in [5, 5.41) is 8.65. The molecule has 0 saturated carbocycles. The molecule has 0 atom stereocenters. The molecule has 1 amide bonds. The fraction of sp³-hybridized carbons (Fsp3) is 0.500. The van der Waals surface area contributed by atoms with E-state index in [0.717, 1.165) is 31.8 Å². The van der Waals surface area contributed by atoms with E-state index >= 15 is 0 Å². The molecule has 146 valence electrons. The molecule has 1 aromatic heterocycles. The number of hydrogen-bond acceptors (Lipinski definition) is 7. The van der Waals surface area contributed by atoms with Gasteiger partial charge in [-0.05, 0) is 18.9 Å². The minimum Gasteiger partial charge on any atom is -0.481 e. The Morgan fingerprint density at radius 2 is 2.04 bits per heavy atom. The molecule has 2 aliphatic heterocycles. The van der Waals surface area contributed by atoms with E-state index in [0.29, 0.717) is 41.2 Å². The van der Waals surface area contributed by atoms with E-state index in [1.807, 2.05) is 12.1 Å². The fourth-order valence-corrected chi connectivity index (χ4v) is 4.21. The topological polar surface area (TPSA) is 83.2 Å². The average molecular weight is 411 g/mol. The standard InChI is InChI=1S/C18H22N2O5S2/c21-16(22)4-2-1-3-7-20-17(23)14(27-18(20)26)12-13-5-6-15(25-13)19-8-10-24-11-9-19/h5-6,12H,1-4,7-11H2,(H,21,22)/b14-12+. The molecule has 0 spiro atoms. The van der Waals surface area contributed by atoms with Gasteiger partial charge < -0.3 is 19.2 Å². The van der Waals surface area contributed by atoms with Crippen LogP contribution in [0.15, 0.2) is 21.5 Å². The number of furan rings is 1. The number of carboxylic acids is 1. The van der Waals surface area contributed by atoms with Crippen molar-refractivity contribution in [3.63, 3.8) is 0 Å². The van der Waals surface area contributed by atoms with E-state index in [-0.39, 0.29) is 12.3 Å². The molecule has 0 aliphatic carbocycles. The van der Waals surface area contributed by atoms with Crippen LogP contribution in [-0.4, -0.2) is 59.1 Å². The van der Waals surface area contributed by atoms with Crippen molar-refractivity contribution < 1.29 is 23.8 Å². The van der Waals surface area contributed by atoms with Crippen LogP contribution in [0.5, 0.6) is 0 Å². The predicted molar refractivity (Wildman–Crippen MR) is 108 cm³/mol. The molecule has 3 rings (SSSR count). The van der Waals surface area contributed by atoms with E-state index in [1.165, 1.54) is 11.8 Å². The van der Waals surface area contributed by atoms with Gasteiger partial charge in [0.15, 0.2) is 5.88 Å².